The van der Waals surface area contributed by atoms with E-state index in [4.69, 9.17) is 5.73 Å². The molecular weight excluding hydrogens is 326 g/mol. The minimum absolute atomic E-state index is 0.00584. The highest BCUT2D eigenvalue weighted by atomic mass is 16.2. The Morgan fingerprint density at radius 2 is 2.00 bits per heavy atom. The molecular formula is C21H27N3O2. The number of hydrogen-bond acceptors (Lipinski definition) is 3. The fourth-order valence-electron chi connectivity index (χ4n) is 3.62. The van der Waals surface area contributed by atoms with Crippen LogP contribution in [0.25, 0.3) is 10.8 Å². The van der Waals surface area contributed by atoms with E-state index in [1.165, 1.54) is 5.39 Å². The molecule has 3 rings (SSSR count). The number of likely N-dealkylation sites (tertiary alicyclic amines) is 1. The van der Waals surface area contributed by atoms with Gasteiger partial charge < -0.3 is 16.0 Å². The third-order valence-electron chi connectivity index (χ3n) is 5.19. The van der Waals surface area contributed by atoms with E-state index in [2.05, 4.69) is 29.6 Å². The van der Waals surface area contributed by atoms with E-state index in [-0.39, 0.29) is 23.7 Å². The monoisotopic (exact) mass is 353 g/mol. The van der Waals surface area contributed by atoms with Gasteiger partial charge in [-0.05, 0) is 36.1 Å². The molecule has 1 heterocycles. The number of rotatable bonds is 5. The summed E-state index contributed by atoms with van der Waals surface area (Å²) in [6.07, 6.45) is 1.68. The van der Waals surface area contributed by atoms with Crippen LogP contribution in [0.3, 0.4) is 0 Å². The molecule has 3 N–H and O–H groups in total. The summed E-state index contributed by atoms with van der Waals surface area (Å²) in [7, 11) is 0. The fraction of sp³-hybridized carbons (Fsp3) is 0.429. The van der Waals surface area contributed by atoms with Crippen molar-refractivity contribution in [3.05, 3.63) is 48.0 Å². The summed E-state index contributed by atoms with van der Waals surface area (Å²) in [6.45, 7) is 4.08. The second-order valence-electron chi connectivity index (χ2n) is 7.03. The molecule has 0 aromatic heterocycles. The van der Waals surface area contributed by atoms with Gasteiger partial charge in [0.15, 0.2) is 0 Å². The summed E-state index contributed by atoms with van der Waals surface area (Å²) in [4.78, 5) is 27.0. The summed E-state index contributed by atoms with van der Waals surface area (Å²) in [5.74, 6) is -0.253. The Kier molecular flexibility index (Phi) is 5.89. The molecule has 1 aliphatic heterocycles. The number of carbonyl (C=O) groups is 2. The predicted octanol–water partition coefficient (Wildman–Crippen LogP) is 2.26. The fourth-order valence-corrected chi connectivity index (χ4v) is 3.62. The maximum absolute atomic E-state index is 13.0. The minimum Gasteiger partial charge on any atom is -0.355 e. The lowest BCUT2D eigenvalue weighted by Gasteiger charge is -2.33. The molecule has 2 atom stereocenters. The van der Waals surface area contributed by atoms with Crippen molar-refractivity contribution in [2.45, 2.75) is 25.7 Å². The van der Waals surface area contributed by atoms with Gasteiger partial charge in [0, 0.05) is 26.2 Å². The van der Waals surface area contributed by atoms with Gasteiger partial charge in [0.25, 0.3) is 0 Å². The molecule has 0 aliphatic carbocycles. The summed E-state index contributed by atoms with van der Waals surface area (Å²) in [5, 5.41) is 5.15. The summed E-state index contributed by atoms with van der Waals surface area (Å²) < 4.78 is 0. The first-order valence-electron chi connectivity index (χ1n) is 9.35. The average Bonchev–Trinajstić information content (AvgIpc) is 2.70. The van der Waals surface area contributed by atoms with Gasteiger partial charge in [0.05, 0.1) is 11.8 Å². The van der Waals surface area contributed by atoms with Gasteiger partial charge in [-0.15, -0.1) is 0 Å². The van der Waals surface area contributed by atoms with Crippen LogP contribution in [0.2, 0.25) is 0 Å². The van der Waals surface area contributed by atoms with E-state index in [1.807, 2.05) is 30.0 Å². The maximum Gasteiger partial charge on any atom is 0.229 e. The molecule has 2 amide bonds. The maximum atomic E-state index is 13.0. The van der Waals surface area contributed by atoms with Crippen LogP contribution in [-0.2, 0) is 9.59 Å². The first kappa shape index (κ1) is 18.4. The van der Waals surface area contributed by atoms with E-state index >= 15 is 0 Å². The van der Waals surface area contributed by atoms with Crippen molar-refractivity contribution in [2.75, 3.05) is 26.2 Å². The molecule has 2 aromatic carbocycles. The van der Waals surface area contributed by atoms with E-state index in [0.29, 0.717) is 19.6 Å². The number of carbonyl (C=O) groups excluding carboxylic acids is 2. The van der Waals surface area contributed by atoms with E-state index in [0.717, 1.165) is 30.3 Å². The van der Waals surface area contributed by atoms with Crippen molar-refractivity contribution < 1.29 is 9.59 Å². The largest absolute Gasteiger partial charge is 0.355 e. The second-order valence-corrected chi connectivity index (χ2v) is 7.03. The first-order valence-corrected chi connectivity index (χ1v) is 9.35. The highest BCUT2D eigenvalue weighted by Crippen LogP contribution is 2.25. The average molecular weight is 353 g/mol. The summed E-state index contributed by atoms with van der Waals surface area (Å²) in [5.41, 5.74) is 6.46. The normalized spacial score (nSPS) is 18.5. The zero-order chi connectivity index (χ0) is 18.5. The molecule has 138 valence electrons. The highest BCUT2D eigenvalue weighted by Gasteiger charge is 2.30. The smallest absolute Gasteiger partial charge is 0.229 e. The van der Waals surface area contributed by atoms with Crippen molar-refractivity contribution in [2.24, 2.45) is 11.7 Å². The van der Waals surface area contributed by atoms with Gasteiger partial charge in [-0.3, -0.25) is 9.59 Å². The van der Waals surface area contributed by atoms with Gasteiger partial charge in [-0.25, -0.2) is 0 Å². The van der Waals surface area contributed by atoms with Crippen LogP contribution in [0.4, 0.5) is 0 Å². The van der Waals surface area contributed by atoms with Gasteiger partial charge in [-0.2, -0.15) is 0 Å². The number of piperidine rings is 1. The van der Waals surface area contributed by atoms with Crippen LogP contribution in [0.15, 0.2) is 42.5 Å². The van der Waals surface area contributed by atoms with Crippen molar-refractivity contribution in [1.29, 1.82) is 0 Å². The Balaban J connectivity index is 1.69. The molecule has 5 nitrogen and oxygen atoms in total. The molecule has 26 heavy (non-hydrogen) atoms. The van der Waals surface area contributed by atoms with E-state index in [1.54, 1.807) is 0 Å². The van der Waals surface area contributed by atoms with Gasteiger partial charge in [0.2, 0.25) is 11.8 Å². The summed E-state index contributed by atoms with van der Waals surface area (Å²) >= 11 is 0. The topological polar surface area (TPSA) is 75.4 Å². The van der Waals surface area contributed by atoms with Gasteiger partial charge >= 0.3 is 0 Å². The Morgan fingerprint density at radius 1 is 1.23 bits per heavy atom. The zero-order valence-electron chi connectivity index (χ0n) is 15.3. The standard InChI is InChI=1S/C21H27N3O2/c1-15(17-9-8-16-5-2-3-6-18(16)13-17)21(26)24-12-4-7-19(14-24)20(25)23-11-10-22/h2-3,5-6,8-9,13,15,19H,4,7,10-12,14,22H2,1H3,(H,23,25). The lowest BCUT2D eigenvalue weighted by atomic mass is 9.93. The quantitative estimate of drug-likeness (QED) is 0.866. The van der Waals surface area contributed by atoms with Crippen molar-refractivity contribution in [3.8, 4) is 0 Å². The van der Waals surface area contributed by atoms with Crippen molar-refractivity contribution in [1.82, 2.24) is 10.2 Å². The van der Waals surface area contributed by atoms with Gasteiger partial charge in [-0.1, -0.05) is 42.5 Å². The first-order chi connectivity index (χ1) is 12.6. The van der Waals surface area contributed by atoms with Crippen molar-refractivity contribution >= 4 is 22.6 Å². The lowest BCUT2D eigenvalue weighted by molar-refractivity contribution is -0.136. The molecule has 2 unspecified atom stereocenters. The number of fused-ring (bicyclic) bond motifs is 1. The van der Waals surface area contributed by atoms with E-state index in [9.17, 15) is 9.59 Å². The number of benzene rings is 2. The number of nitrogens with zero attached hydrogens (tertiary/aromatic N) is 1. The molecule has 1 aliphatic rings. The number of amides is 2. The van der Waals surface area contributed by atoms with Crippen molar-refractivity contribution in [3.63, 3.8) is 0 Å². The SMILES string of the molecule is CC(C(=O)N1CCCC(C(=O)NCCN)C1)c1ccc2ccccc2c1. The van der Waals surface area contributed by atoms with Crippen LogP contribution in [0.5, 0.6) is 0 Å². The van der Waals surface area contributed by atoms with E-state index < -0.39 is 0 Å². The molecule has 0 spiro atoms. The molecule has 0 bridgehead atoms. The Morgan fingerprint density at radius 3 is 2.77 bits per heavy atom. The Bertz CT molecular complexity index is 790. The second kappa shape index (κ2) is 8.32. The number of nitrogens with two attached hydrogens (primary N) is 1. The van der Waals surface area contributed by atoms with Gasteiger partial charge in [0.1, 0.15) is 0 Å². The molecule has 5 heteroatoms. The van der Waals surface area contributed by atoms with Crippen LogP contribution >= 0.6 is 0 Å². The third-order valence-corrected chi connectivity index (χ3v) is 5.19. The van der Waals surface area contributed by atoms with Crippen LogP contribution in [-0.4, -0.2) is 42.9 Å². The van der Waals surface area contributed by atoms with Crippen LogP contribution < -0.4 is 11.1 Å². The number of nitrogens with one attached hydrogen (secondary N) is 1. The number of hydrogen-bond donors (Lipinski definition) is 2. The Hall–Kier alpha value is -2.40. The molecule has 0 radical (unpaired) electrons. The highest BCUT2D eigenvalue weighted by molar-refractivity contribution is 5.88. The molecule has 1 fully saturated rings. The predicted molar refractivity (Wildman–Crippen MR) is 104 cm³/mol. The third kappa shape index (κ3) is 4.05. The molecule has 0 saturated carbocycles. The lowest BCUT2D eigenvalue weighted by Crippen LogP contribution is -2.47. The van der Waals surface area contributed by atoms with Crippen LogP contribution in [0.1, 0.15) is 31.2 Å². The molecule has 2 aromatic rings. The van der Waals surface area contributed by atoms with Crippen LogP contribution in [0, 0.1) is 5.92 Å². The Labute approximate surface area is 154 Å². The minimum atomic E-state index is -0.217. The molecule has 1 saturated heterocycles. The zero-order valence-corrected chi connectivity index (χ0v) is 15.3. The summed E-state index contributed by atoms with van der Waals surface area (Å²) in [6, 6.07) is 14.3.